The number of hydrogen-bond acceptors (Lipinski definition) is 1. The lowest BCUT2D eigenvalue weighted by atomic mass is 9.91. The van der Waals surface area contributed by atoms with Gasteiger partial charge in [0.15, 0.2) is 0 Å². The van der Waals surface area contributed by atoms with Crippen LogP contribution in [0.3, 0.4) is 0 Å². The first-order chi connectivity index (χ1) is 5.93. The van der Waals surface area contributed by atoms with Crippen LogP contribution in [0.2, 0.25) is 5.02 Å². The van der Waals surface area contributed by atoms with Crippen molar-refractivity contribution in [2.45, 2.75) is 39.5 Å². The molecule has 0 unspecified atom stereocenters. The van der Waals surface area contributed by atoms with Gasteiger partial charge in [0, 0.05) is 21.8 Å². The number of nitrogens with zero attached hydrogens (tertiary/aromatic N) is 1. The Labute approximate surface area is 85.1 Å². The molecule has 0 N–H and O–H groups in total. The average molecular weight is 198 g/mol. The highest BCUT2D eigenvalue weighted by Gasteiger charge is 2.16. The molecular weight excluding hydrogens is 182 g/mol. The van der Waals surface area contributed by atoms with E-state index in [4.69, 9.17) is 11.6 Å². The minimum atomic E-state index is 0.0782. The molecule has 0 bridgehead atoms. The quantitative estimate of drug-likeness (QED) is 0.671. The third kappa shape index (κ3) is 2.70. The fraction of sp³-hybridized carbons (Fsp3) is 0.545. The normalized spacial score (nSPS) is 11.8. The van der Waals surface area contributed by atoms with Crippen molar-refractivity contribution in [2.75, 3.05) is 0 Å². The molecule has 0 aliphatic rings. The maximum Gasteiger partial charge on any atom is 0.0475 e. The third-order valence-electron chi connectivity index (χ3n) is 1.97. The van der Waals surface area contributed by atoms with Crippen LogP contribution < -0.4 is 0 Å². The summed E-state index contributed by atoms with van der Waals surface area (Å²) < 4.78 is 0. The molecule has 0 fully saturated rings. The number of pyridine rings is 1. The van der Waals surface area contributed by atoms with E-state index in [1.165, 1.54) is 0 Å². The molecule has 2 heteroatoms. The molecule has 0 aliphatic heterocycles. The number of halogens is 1. The monoisotopic (exact) mass is 197 g/mol. The second-order valence-corrected chi connectivity index (χ2v) is 4.70. The largest absolute Gasteiger partial charge is 0.257 e. The first kappa shape index (κ1) is 10.5. The first-order valence-corrected chi connectivity index (χ1v) is 4.98. The van der Waals surface area contributed by atoms with Crippen molar-refractivity contribution in [3.63, 3.8) is 0 Å². The summed E-state index contributed by atoms with van der Waals surface area (Å²) in [5, 5.41) is 0.789. The Balaban J connectivity index is 3.16. The van der Waals surface area contributed by atoms with E-state index in [2.05, 4.69) is 32.7 Å². The minimum Gasteiger partial charge on any atom is -0.257 e. The van der Waals surface area contributed by atoms with Gasteiger partial charge in [-0.05, 0) is 18.6 Å². The van der Waals surface area contributed by atoms with Gasteiger partial charge in [0.2, 0.25) is 0 Å². The van der Waals surface area contributed by atoms with Crippen LogP contribution in [0.15, 0.2) is 12.1 Å². The van der Waals surface area contributed by atoms with E-state index < -0.39 is 0 Å². The van der Waals surface area contributed by atoms with Gasteiger partial charge in [0.05, 0.1) is 0 Å². The van der Waals surface area contributed by atoms with Crippen LogP contribution in [0.4, 0.5) is 0 Å². The van der Waals surface area contributed by atoms with Crippen molar-refractivity contribution >= 4 is 11.6 Å². The van der Waals surface area contributed by atoms with E-state index in [-0.39, 0.29) is 5.41 Å². The molecule has 0 aliphatic carbocycles. The van der Waals surface area contributed by atoms with Crippen molar-refractivity contribution in [3.8, 4) is 0 Å². The molecule has 1 rings (SSSR count). The lowest BCUT2D eigenvalue weighted by Gasteiger charge is -2.18. The Morgan fingerprint density at radius 2 is 1.92 bits per heavy atom. The molecule has 72 valence electrons. The second kappa shape index (κ2) is 3.67. The Morgan fingerprint density at radius 3 is 2.38 bits per heavy atom. The summed E-state index contributed by atoms with van der Waals surface area (Å²) in [6.45, 7) is 8.52. The summed E-state index contributed by atoms with van der Waals surface area (Å²) in [6, 6.07) is 3.87. The van der Waals surface area contributed by atoms with Gasteiger partial charge < -0.3 is 0 Å². The number of aryl methyl sites for hydroxylation is 1. The summed E-state index contributed by atoms with van der Waals surface area (Å²) in [4.78, 5) is 4.54. The predicted molar refractivity (Wildman–Crippen MR) is 57.3 cm³/mol. The summed E-state index contributed by atoms with van der Waals surface area (Å²) in [7, 11) is 0. The highest BCUT2D eigenvalue weighted by atomic mass is 35.5. The van der Waals surface area contributed by atoms with Crippen LogP contribution >= 0.6 is 11.6 Å². The number of aromatic nitrogens is 1. The second-order valence-electron chi connectivity index (χ2n) is 4.27. The van der Waals surface area contributed by atoms with Crippen molar-refractivity contribution in [1.82, 2.24) is 4.98 Å². The predicted octanol–water partition coefficient (Wildman–Crippen LogP) is 3.59. The van der Waals surface area contributed by atoms with E-state index in [9.17, 15) is 0 Å². The van der Waals surface area contributed by atoms with E-state index in [0.29, 0.717) is 0 Å². The first-order valence-electron chi connectivity index (χ1n) is 4.60. The highest BCUT2D eigenvalue weighted by molar-refractivity contribution is 6.30. The van der Waals surface area contributed by atoms with Gasteiger partial charge in [0.1, 0.15) is 0 Å². The molecule has 0 spiro atoms. The lowest BCUT2D eigenvalue weighted by Crippen LogP contribution is -2.14. The van der Waals surface area contributed by atoms with Crippen LogP contribution in [-0.4, -0.2) is 4.98 Å². The maximum atomic E-state index is 5.99. The van der Waals surface area contributed by atoms with Gasteiger partial charge in [-0.25, -0.2) is 0 Å². The Kier molecular flexibility index (Phi) is 2.97. The van der Waals surface area contributed by atoms with Crippen molar-refractivity contribution < 1.29 is 0 Å². The Morgan fingerprint density at radius 1 is 1.31 bits per heavy atom. The van der Waals surface area contributed by atoms with Crippen LogP contribution in [0.25, 0.3) is 0 Å². The molecule has 0 saturated heterocycles. The van der Waals surface area contributed by atoms with Gasteiger partial charge >= 0.3 is 0 Å². The molecule has 13 heavy (non-hydrogen) atoms. The average Bonchev–Trinajstić information content (AvgIpc) is 2.01. The molecule has 0 amide bonds. The summed E-state index contributed by atoms with van der Waals surface area (Å²) in [5.41, 5.74) is 2.21. The zero-order chi connectivity index (χ0) is 10.1. The highest BCUT2D eigenvalue weighted by Crippen LogP contribution is 2.23. The Hall–Kier alpha value is -0.560. The van der Waals surface area contributed by atoms with Crippen molar-refractivity contribution in [2.24, 2.45) is 0 Å². The van der Waals surface area contributed by atoms with Gasteiger partial charge in [-0.3, -0.25) is 4.98 Å². The summed E-state index contributed by atoms with van der Waals surface area (Å²) in [6.07, 6.45) is 0.934. The maximum absolute atomic E-state index is 5.99. The van der Waals surface area contributed by atoms with Gasteiger partial charge in [0.25, 0.3) is 0 Å². The van der Waals surface area contributed by atoms with E-state index in [1.54, 1.807) is 0 Å². The number of hydrogen-bond donors (Lipinski definition) is 0. The topological polar surface area (TPSA) is 12.9 Å². The molecule has 1 heterocycles. The smallest absolute Gasteiger partial charge is 0.0475 e. The molecule has 1 aromatic rings. The summed E-state index contributed by atoms with van der Waals surface area (Å²) >= 11 is 5.99. The van der Waals surface area contributed by atoms with Crippen LogP contribution in [-0.2, 0) is 11.8 Å². The molecule has 1 nitrogen and oxygen atoms in total. The van der Waals surface area contributed by atoms with Crippen molar-refractivity contribution in [3.05, 3.63) is 28.5 Å². The van der Waals surface area contributed by atoms with Gasteiger partial charge in [-0.2, -0.15) is 0 Å². The molecule has 0 saturated carbocycles. The van der Waals surface area contributed by atoms with E-state index >= 15 is 0 Å². The third-order valence-corrected chi connectivity index (χ3v) is 2.19. The standard InChI is InChI=1S/C11H16ClN/c1-5-9-6-8(12)7-10(13-9)11(2,3)4/h6-7H,5H2,1-4H3. The summed E-state index contributed by atoms with van der Waals surface area (Å²) in [5.74, 6) is 0. The fourth-order valence-electron chi connectivity index (χ4n) is 1.12. The van der Waals surface area contributed by atoms with E-state index in [1.807, 2.05) is 12.1 Å². The Bertz CT molecular complexity index is 299. The van der Waals surface area contributed by atoms with E-state index in [0.717, 1.165) is 22.8 Å². The molecule has 1 aromatic heterocycles. The molecule has 0 aromatic carbocycles. The molecule has 0 atom stereocenters. The zero-order valence-corrected chi connectivity index (χ0v) is 9.44. The SMILES string of the molecule is CCc1cc(Cl)cc(C(C)(C)C)n1. The van der Waals surface area contributed by atoms with Crippen LogP contribution in [0, 0.1) is 0 Å². The molecule has 0 radical (unpaired) electrons. The minimum absolute atomic E-state index is 0.0782. The number of rotatable bonds is 1. The van der Waals surface area contributed by atoms with Crippen LogP contribution in [0.5, 0.6) is 0 Å². The van der Waals surface area contributed by atoms with Crippen molar-refractivity contribution in [1.29, 1.82) is 0 Å². The fourth-order valence-corrected chi connectivity index (χ4v) is 1.35. The van der Waals surface area contributed by atoms with Gasteiger partial charge in [-0.1, -0.05) is 39.3 Å². The zero-order valence-electron chi connectivity index (χ0n) is 8.69. The lowest BCUT2D eigenvalue weighted by molar-refractivity contribution is 0.566. The van der Waals surface area contributed by atoms with Gasteiger partial charge in [-0.15, -0.1) is 0 Å². The molecular formula is C11H16ClN. The van der Waals surface area contributed by atoms with Crippen LogP contribution in [0.1, 0.15) is 39.1 Å².